The van der Waals surface area contributed by atoms with Gasteiger partial charge in [0.2, 0.25) is 8.32 Å². The second-order valence-electron chi connectivity index (χ2n) is 7.28. The van der Waals surface area contributed by atoms with Crippen LogP contribution in [0.15, 0.2) is 65.9 Å². The third-order valence-electron chi connectivity index (χ3n) is 3.91. The average molecular weight is 364 g/mol. The van der Waals surface area contributed by atoms with Crippen molar-refractivity contribution >= 4 is 19.8 Å². The molecule has 0 fully saturated rings. The zero-order valence-electron chi connectivity index (χ0n) is 16.0. The third kappa shape index (κ3) is 4.11. The minimum absolute atomic E-state index is 0.839. The first-order valence-corrected chi connectivity index (χ1v) is 12.2. The van der Waals surface area contributed by atoms with Gasteiger partial charge in [-0.2, -0.15) is 0 Å². The van der Waals surface area contributed by atoms with Gasteiger partial charge in [-0.3, -0.25) is 4.57 Å². The maximum atomic E-state index is 6.35. The predicted molar refractivity (Wildman–Crippen MR) is 110 cm³/mol. The molecule has 0 radical (unpaired) electrons. The number of rotatable bonds is 4. The molecule has 0 saturated carbocycles. The Hall–Kier alpha value is -2.66. The molecule has 0 spiro atoms. The van der Waals surface area contributed by atoms with E-state index in [1.165, 1.54) is 0 Å². The standard InChI is InChI=1S/C21H25N3OSi/c1-16-10-9-13-19(20(16)25-26(3,4)5)23-21(18-11-7-6-8-12-18)24-15-14-22-17(24)2/h6-15H,1-5H3. The third-order valence-corrected chi connectivity index (χ3v) is 4.73. The highest BCUT2D eigenvalue weighted by Gasteiger charge is 2.20. The molecule has 0 aliphatic heterocycles. The fraction of sp³-hybridized carbons (Fsp3) is 0.238. The second kappa shape index (κ2) is 7.29. The average Bonchev–Trinajstić information content (AvgIpc) is 3.01. The van der Waals surface area contributed by atoms with E-state index in [1.54, 1.807) is 6.20 Å². The molecule has 1 heterocycles. The highest BCUT2D eigenvalue weighted by atomic mass is 28.4. The van der Waals surface area contributed by atoms with Crippen molar-refractivity contribution in [3.05, 3.63) is 77.9 Å². The van der Waals surface area contributed by atoms with Crippen LogP contribution in [0.1, 0.15) is 17.0 Å². The van der Waals surface area contributed by atoms with Crippen LogP contribution < -0.4 is 4.43 Å². The molecule has 3 rings (SSSR count). The summed E-state index contributed by atoms with van der Waals surface area (Å²) in [4.78, 5) is 9.38. The summed E-state index contributed by atoms with van der Waals surface area (Å²) < 4.78 is 8.36. The van der Waals surface area contributed by atoms with Gasteiger partial charge in [0.15, 0.2) is 0 Å². The number of imidazole rings is 1. The van der Waals surface area contributed by atoms with Crippen LogP contribution >= 0.6 is 0 Å². The molecule has 0 bridgehead atoms. The van der Waals surface area contributed by atoms with Crippen LogP contribution in [0, 0.1) is 13.8 Å². The number of aromatic nitrogens is 2. The second-order valence-corrected chi connectivity index (χ2v) is 11.7. The number of hydrogen-bond donors (Lipinski definition) is 0. The molecule has 1 aromatic heterocycles. The molecule has 5 heteroatoms. The van der Waals surface area contributed by atoms with Gasteiger partial charge in [0.1, 0.15) is 23.1 Å². The Bertz CT molecular complexity index is 924. The summed E-state index contributed by atoms with van der Waals surface area (Å²) in [5.41, 5.74) is 2.98. The zero-order valence-corrected chi connectivity index (χ0v) is 17.0. The fourth-order valence-corrected chi connectivity index (χ4v) is 3.60. The van der Waals surface area contributed by atoms with Gasteiger partial charge in [0, 0.05) is 18.0 Å². The Kier molecular flexibility index (Phi) is 5.09. The van der Waals surface area contributed by atoms with Crippen molar-refractivity contribution in [1.29, 1.82) is 0 Å². The molecule has 0 aliphatic carbocycles. The molecule has 0 aliphatic rings. The van der Waals surface area contributed by atoms with Gasteiger partial charge in [0.05, 0.1) is 0 Å². The van der Waals surface area contributed by atoms with E-state index in [2.05, 4.69) is 49.7 Å². The topological polar surface area (TPSA) is 39.4 Å². The predicted octanol–water partition coefficient (Wildman–Crippen LogP) is 5.34. The molecule has 0 N–H and O–H groups in total. The largest absolute Gasteiger partial charge is 0.543 e. The summed E-state index contributed by atoms with van der Waals surface area (Å²) in [6.07, 6.45) is 3.74. The molecule has 4 nitrogen and oxygen atoms in total. The summed E-state index contributed by atoms with van der Waals surface area (Å²) >= 11 is 0. The van der Waals surface area contributed by atoms with Crippen molar-refractivity contribution in [2.24, 2.45) is 4.99 Å². The van der Waals surface area contributed by atoms with Crippen LogP contribution in [-0.4, -0.2) is 23.7 Å². The quantitative estimate of drug-likeness (QED) is 0.356. The summed E-state index contributed by atoms with van der Waals surface area (Å²) in [5, 5.41) is 0. The van der Waals surface area contributed by atoms with E-state index in [9.17, 15) is 0 Å². The van der Waals surface area contributed by atoms with Gasteiger partial charge in [-0.15, -0.1) is 0 Å². The first kappa shape index (κ1) is 18.1. The molecule has 0 unspecified atom stereocenters. The van der Waals surface area contributed by atoms with Crippen molar-refractivity contribution in [2.75, 3.05) is 0 Å². The van der Waals surface area contributed by atoms with Gasteiger partial charge < -0.3 is 4.43 Å². The minimum Gasteiger partial charge on any atom is -0.543 e. The van der Waals surface area contributed by atoms with Crippen LogP contribution in [-0.2, 0) is 0 Å². The first-order valence-electron chi connectivity index (χ1n) is 8.78. The van der Waals surface area contributed by atoms with E-state index >= 15 is 0 Å². The Morgan fingerprint density at radius 3 is 2.35 bits per heavy atom. The molecular formula is C21H25N3OSi. The maximum absolute atomic E-state index is 6.35. The zero-order chi connectivity index (χ0) is 18.7. The molecular weight excluding hydrogens is 338 g/mol. The monoisotopic (exact) mass is 363 g/mol. The van der Waals surface area contributed by atoms with Gasteiger partial charge in [-0.25, -0.2) is 9.98 Å². The van der Waals surface area contributed by atoms with Crippen molar-refractivity contribution in [1.82, 2.24) is 9.55 Å². The lowest BCUT2D eigenvalue weighted by molar-refractivity contribution is 0.554. The lowest BCUT2D eigenvalue weighted by Crippen LogP contribution is -2.29. The van der Waals surface area contributed by atoms with Gasteiger partial charge >= 0.3 is 0 Å². The van der Waals surface area contributed by atoms with E-state index in [4.69, 9.17) is 9.42 Å². The van der Waals surface area contributed by atoms with E-state index in [1.807, 2.05) is 48.0 Å². The summed E-state index contributed by atoms with van der Waals surface area (Å²) in [7, 11) is -1.76. The van der Waals surface area contributed by atoms with Crippen LogP contribution in [0.3, 0.4) is 0 Å². The van der Waals surface area contributed by atoms with Crippen molar-refractivity contribution in [3.8, 4) is 5.75 Å². The van der Waals surface area contributed by atoms with E-state index < -0.39 is 8.32 Å². The Labute approximate surface area is 156 Å². The van der Waals surface area contributed by atoms with Crippen LogP contribution in [0.4, 0.5) is 5.69 Å². The number of benzene rings is 2. The van der Waals surface area contributed by atoms with E-state index in [0.717, 1.165) is 34.2 Å². The van der Waals surface area contributed by atoms with Crippen molar-refractivity contribution in [3.63, 3.8) is 0 Å². The summed E-state index contributed by atoms with van der Waals surface area (Å²) in [6, 6.07) is 16.3. The summed E-state index contributed by atoms with van der Waals surface area (Å²) in [5.74, 6) is 2.61. The molecule has 134 valence electrons. The first-order chi connectivity index (χ1) is 12.3. The van der Waals surface area contributed by atoms with Gasteiger partial charge in [-0.1, -0.05) is 42.5 Å². The van der Waals surface area contributed by atoms with E-state index in [-0.39, 0.29) is 0 Å². The number of aryl methyl sites for hydroxylation is 2. The number of hydrogen-bond acceptors (Lipinski definition) is 3. The van der Waals surface area contributed by atoms with E-state index in [0.29, 0.717) is 0 Å². The molecule has 0 atom stereocenters. The van der Waals surface area contributed by atoms with Gasteiger partial charge in [-0.05, 0) is 45.1 Å². The van der Waals surface area contributed by atoms with Crippen molar-refractivity contribution < 1.29 is 4.43 Å². The molecule has 3 aromatic rings. The van der Waals surface area contributed by atoms with Crippen LogP contribution in [0.2, 0.25) is 19.6 Å². The smallest absolute Gasteiger partial charge is 0.242 e. The lowest BCUT2D eigenvalue weighted by Gasteiger charge is -2.22. The molecule has 0 amide bonds. The van der Waals surface area contributed by atoms with Crippen molar-refractivity contribution in [2.45, 2.75) is 33.5 Å². The maximum Gasteiger partial charge on any atom is 0.242 e. The van der Waals surface area contributed by atoms with Crippen LogP contribution in [0.25, 0.3) is 0 Å². The summed E-state index contributed by atoms with van der Waals surface area (Å²) in [6.45, 7) is 10.6. The molecule has 2 aromatic carbocycles. The normalized spacial score (nSPS) is 12.3. The van der Waals surface area contributed by atoms with Crippen LogP contribution in [0.5, 0.6) is 5.75 Å². The Balaban J connectivity index is 2.19. The molecule has 26 heavy (non-hydrogen) atoms. The SMILES string of the molecule is Cc1cccc(N=C(c2ccccc2)n2ccnc2C)c1O[Si](C)(C)C. The Morgan fingerprint density at radius 1 is 1.00 bits per heavy atom. The minimum atomic E-state index is -1.76. The molecule has 0 saturated heterocycles. The number of para-hydroxylation sites is 1. The highest BCUT2D eigenvalue weighted by Crippen LogP contribution is 2.34. The Morgan fingerprint density at radius 2 is 1.73 bits per heavy atom. The fourth-order valence-electron chi connectivity index (χ4n) is 2.72. The highest BCUT2D eigenvalue weighted by molar-refractivity contribution is 6.70. The van der Waals surface area contributed by atoms with Gasteiger partial charge in [0.25, 0.3) is 0 Å². The lowest BCUT2D eigenvalue weighted by atomic mass is 10.1. The number of nitrogens with zero attached hydrogens (tertiary/aromatic N) is 3. The number of aliphatic imine (C=N–C) groups is 1.